The van der Waals surface area contributed by atoms with Crippen molar-refractivity contribution in [2.24, 2.45) is 5.73 Å². The molecule has 0 saturated heterocycles. The molecule has 0 radical (unpaired) electrons. The highest BCUT2D eigenvalue weighted by molar-refractivity contribution is 6.31. The number of rotatable bonds is 4. The van der Waals surface area contributed by atoms with Crippen LogP contribution in [0.2, 0.25) is 10.0 Å². The number of tetrazole rings is 2. The van der Waals surface area contributed by atoms with Crippen molar-refractivity contribution in [1.29, 1.82) is 0 Å². The molecule has 2 aromatic heterocycles. The van der Waals surface area contributed by atoms with Gasteiger partial charge in [0.05, 0.1) is 22.5 Å². The van der Waals surface area contributed by atoms with Gasteiger partial charge in [-0.15, -0.1) is 10.2 Å². The Morgan fingerprint density at radius 1 is 0.833 bits per heavy atom. The summed E-state index contributed by atoms with van der Waals surface area (Å²) in [6, 6.07) is 9.19. The summed E-state index contributed by atoms with van der Waals surface area (Å²) in [7, 11) is 0. The molecule has 0 spiro atoms. The van der Waals surface area contributed by atoms with Gasteiger partial charge in [-0.05, 0) is 57.3 Å². The smallest absolute Gasteiger partial charge is 0.337 e. The molecular formula is C16H11Cl2N9O3. The maximum absolute atomic E-state index is 11.2. The number of nitrogens with two attached hydrogens (primary N) is 1. The fraction of sp³-hybridized carbons (Fsp3) is 0. The van der Waals surface area contributed by atoms with E-state index in [4.69, 9.17) is 34.0 Å². The molecule has 2 heterocycles. The summed E-state index contributed by atoms with van der Waals surface area (Å²) < 4.78 is 2.61. The molecule has 0 aliphatic rings. The molecule has 4 aromatic rings. The Labute approximate surface area is 177 Å². The highest BCUT2D eigenvalue weighted by atomic mass is 35.5. The van der Waals surface area contributed by atoms with Gasteiger partial charge in [-0.1, -0.05) is 23.2 Å². The molecule has 0 saturated carbocycles. The lowest BCUT2D eigenvalue weighted by atomic mass is 10.1. The first-order valence-electron chi connectivity index (χ1n) is 7.95. The minimum absolute atomic E-state index is 0.0507. The molecule has 4 rings (SSSR count). The number of amides is 1. The minimum atomic E-state index is -1.08. The summed E-state index contributed by atoms with van der Waals surface area (Å²) >= 11 is 11.5. The lowest BCUT2D eigenvalue weighted by Gasteiger charge is -2.05. The molecule has 0 aliphatic carbocycles. The van der Waals surface area contributed by atoms with Gasteiger partial charge < -0.3 is 10.8 Å². The first-order valence-corrected chi connectivity index (χ1v) is 8.71. The largest absolute Gasteiger partial charge is 0.478 e. The van der Waals surface area contributed by atoms with Crippen molar-refractivity contribution < 1.29 is 14.7 Å². The number of halogens is 2. The van der Waals surface area contributed by atoms with Crippen molar-refractivity contribution in [2.75, 3.05) is 0 Å². The number of hydrogen-bond acceptors (Lipinski definition) is 8. The topological polar surface area (TPSA) is 168 Å². The van der Waals surface area contributed by atoms with E-state index in [0.717, 1.165) is 0 Å². The number of nitrogens with zero attached hydrogens (tertiary/aromatic N) is 8. The molecule has 0 aliphatic heterocycles. The number of carboxylic acid groups (broad SMARTS) is 1. The zero-order chi connectivity index (χ0) is 21.7. The number of carbonyl (C=O) groups excluding carboxylic acids is 1. The molecule has 2 aromatic carbocycles. The number of carboxylic acids is 1. The van der Waals surface area contributed by atoms with Gasteiger partial charge in [-0.3, -0.25) is 4.79 Å². The van der Waals surface area contributed by atoms with Crippen LogP contribution in [0.15, 0.2) is 49.1 Å². The van der Waals surface area contributed by atoms with E-state index in [1.807, 2.05) is 0 Å². The normalized spacial score (nSPS) is 10.2. The van der Waals surface area contributed by atoms with Crippen LogP contribution >= 0.6 is 23.2 Å². The number of carbonyl (C=O) groups is 2. The first kappa shape index (κ1) is 20.8. The van der Waals surface area contributed by atoms with E-state index in [1.54, 1.807) is 24.3 Å². The van der Waals surface area contributed by atoms with Gasteiger partial charge in [0, 0.05) is 10.0 Å². The van der Waals surface area contributed by atoms with Crippen molar-refractivity contribution in [3.8, 4) is 11.4 Å². The predicted octanol–water partition coefficient (Wildman–Crippen LogP) is 1.43. The highest BCUT2D eigenvalue weighted by Crippen LogP contribution is 2.19. The van der Waals surface area contributed by atoms with Crippen LogP contribution in [0.25, 0.3) is 11.4 Å². The molecule has 0 fully saturated rings. The molecule has 0 bridgehead atoms. The van der Waals surface area contributed by atoms with Crippen LogP contribution in [0.5, 0.6) is 0 Å². The summed E-state index contributed by atoms with van der Waals surface area (Å²) in [5, 5.41) is 30.8. The Balaban J connectivity index is 0.000000171. The Bertz CT molecular complexity index is 1090. The fourth-order valence-electron chi connectivity index (χ4n) is 2.33. The molecule has 30 heavy (non-hydrogen) atoms. The molecular weight excluding hydrogens is 437 g/mol. The second-order valence-electron chi connectivity index (χ2n) is 5.50. The fourth-order valence-corrected chi connectivity index (χ4v) is 2.67. The minimum Gasteiger partial charge on any atom is -0.478 e. The average molecular weight is 448 g/mol. The van der Waals surface area contributed by atoms with Crippen LogP contribution in [0.1, 0.15) is 20.7 Å². The van der Waals surface area contributed by atoms with E-state index in [1.165, 1.54) is 34.2 Å². The number of benzene rings is 2. The van der Waals surface area contributed by atoms with Gasteiger partial charge in [0.1, 0.15) is 12.7 Å². The van der Waals surface area contributed by atoms with E-state index < -0.39 is 11.9 Å². The summed E-state index contributed by atoms with van der Waals surface area (Å²) in [6.07, 6.45) is 2.69. The van der Waals surface area contributed by atoms with Crippen molar-refractivity contribution >= 4 is 35.1 Å². The molecule has 0 unspecified atom stereocenters. The van der Waals surface area contributed by atoms with Crippen LogP contribution in [0, 0.1) is 0 Å². The number of hydrogen-bond donors (Lipinski definition) is 2. The van der Waals surface area contributed by atoms with Crippen molar-refractivity contribution in [3.05, 3.63) is 70.2 Å². The Morgan fingerprint density at radius 2 is 1.30 bits per heavy atom. The van der Waals surface area contributed by atoms with Crippen molar-refractivity contribution in [3.63, 3.8) is 0 Å². The second-order valence-corrected chi connectivity index (χ2v) is 6.37. The second kappa shape index (κ2) is 9.07. The lowest BCUT2D eigenvalue weighted by Crippen LogP contribution is -2.15. The Hall–Kier alpha value is -3.90. The third-order valence-electron chi connectivity index (χ3n) is 3.60. The van der Waals surface area contributed by atoms with Crippen LogP contribution < -0.4 is 5.73 Å². The molecule has 12 nitrogen and oxygen atoms in total. The predicted molar refractivity (Wildman–Crippen MR) is 104 cm³/mol. The monoisotopic (exact) mass is 447 g/mol. The Morgan fingerprint density at radius 3 is 1.70 bits per heavy atom. The van der Waals surface area contributed by atoms with E-state index in [2.05, 4.69) is 31.1 Å². The van der Waals surface area contributed by atoms with Crippen LogP contribution in [-0.4, -0.2) is 57.4 Å². The summed E-state index contributed by atoms with van der Waals surface area (Å²) in [5.41, 5.74) is 6.40. The third-order valence-corrected chi connectivity index (χ3v) is 4.07. The van der Waals surface area contributed by atoms with E-state index in [-0.39, 0.29) is 11.1 Å². The van der Waals surface area contributed by atoms with Gasteiger partial charge in [-0.25, -0.2) is 4.79 Å². The Kier molecular flexibility index (Phi) is 6.29. The van der Waals surface area contributed by atoms with Crippen molar-refractivity contribution in [2.45, 2.75) is 0 Å². The molecule has 0 atom stereocenters. The first-order chi connectivity index (χ1) is 14.4. The maximum atomic E-state index is 11.2. The van der Waals surface area contributed by atoms with Crippen LogP contribution in [0.3, 0.4) is 0 Å². The molecule has 152 valence electrons. The van der Waals surface area contributed by atoms with Crippen molar-refractivity contribution in [1.82, 2.24) is 40.4 Å². The van der Waals surface area contributed by atoms with Crippen LogP contribution in [0.4, 0.5) is 0 Å². The molecule has 3 N–H and O–H groups in total. The van der Waals surface area contributed by atoms with E-state index >= 15 is 0 Å². The quantitative estimate of drug-likeness (QED) is 0.469. The summed E-state index contributed by atoms with van der Waals surface area (Å²) in [5.74, 6) is -1.66. The van der Waals surface area contributed by atoms with E-state index in [9.17, 15) is 9.59 Å². The standard InChI is InChI=1S/C8H6ClN5O.C8H5ClN4O2/c9-5-1-2-7(6(3-5)8(10)15)14-4-11-12-13-14;9-5-1-2-7(6(3-5)8(14)15)13-4-10-11-12-13/h1-4H,(H2,10,15);1-4H,(H,14,15). The van der Waals surface area contributed by atoms with Gasteiger partial charge in [0.15, 0.2) is 0 Å². The van der Waals surface area contributed by atoms with Gasteiger partial charge in [0.2, 0.25) is 0 Å². The number of aromatic carboxylic acids is 1. The highest BCUT2D eigenvalue weighted by Gasteiger charge is 2.13. The zero-order valence-electron chi connectivity index (χ0n) is 14.8. The summed E-state index contributed by atoms with van der Waals surface area (Å²) in [4.78, 5) is 22.1. The maximum Gasteiger partial charge on any atom is 0.337 e. The molecule has 1 amide bonds. The number of primary amides is 1. The van der Waals surface area contributed by atoms with Crippen LogP contribution in [-0.2, 0) is 0 Å². The zero-order valence-corrected chi connectivity index (χ0v) is 16.3. The third kappa shape index (κ3) is 4.74. The number of aromatic nitrogens is 8. The molecule has 14 heteroatoms. The van der Waals surface area contributed by atoms with Gasteiger partial charge >= 0.3 is 5.97 Å². The average Bonchev–Trinajstić information content (AvgIpc) is 3.42. The van der Waals surface area contributed by atoms with Gasteiger partial charge in [0.25, 0.3) is 5.91 Å². The summed E-state index contributed by atoms with van der Waals surface area (Å²) in [6.45, 7) is 0. The lowest BCUT2D eigenvalue weighted by molar-refractivity contribution is 0.0696. The van der Waals surface area contributed by atoms with E-state index in [0.29, 0.717) is 21.4 Å². The SMILES string of the molecule is NC(=O)c1cc(Cl)ccc1-n1cnnn1.O=C(O)c1cc(Cl)ccc1-n1cnnn1. The van der Waals surface area contributed by atoms with Gasteiger partial charge in [-0.2, -0.15) is 9.36 Å².